The molecule has 4 aliphatic heterocycles. The molecular weight excluding hydrogens is 456 g/mol. The normalized spacial score (nSPS) is 25.4. The number of nitrogens with zero attached hydrogens (tertiary/aromatic N) is 2. The van der Waals surface area contributed by atoms with E-state index >= 15 is 0 Å². The number of benzene rings is 2. The first kappa shape index (κ1) is 23.0. The predicted molar refractivity (Wildman–Crippen MR) is 135 cm³/mol. The molecule has 0 radical (unpaired) electrons. The summed E-state index contributed by atoms with van der Waals surface area (Å²) in [6.45, 7) is 0.484. The van der Waals surface area contributed by atoms with Crippen LogP contribution in [0, 0.1) is 0 Å². The number of amides is 2. The maximum absolute atomic E-state index is 13.5. The van der Waals surface area contributed by atoms with Crippen LogP contribution in [-0.2, 0) is 22.5 Å². The summed E-state index contributed by atoms with van der Waals surface area (Å²) in [7, 11) is 1.52. The highest BCUT2D eigenvalue weighted by molar-refractivity contribution is 6.00. The molecule has 4 heterocycles. The second-order valence-electron chi connectivity index (χ2n) is 10.1. The number of hydroxylamine groups is 1. The lowest BCUT2D eigenvalue weighted by molar-refractivity contribution is -0.131. The smallest absolute Gasteiger partial charge is 0.251 e. The molecule has 0 saturated carbocycles. The minimum Gasteiger partial charge on any atom is -0.493 e. The summed E-state index contributed by atoms with van der Waals surface area (Å²) >= 11 is 0. The number of fused-ring (bicyclic) bond motifs is 5. The molecule has 0 aromatic heterocycles. The maximum Gasteiger partial charge on any atom is 0.251 e. The molecular formula is C28H32N4O4. The Morgan fingerprint density at radius 2 is 1.97 bits per heavy atom. The number of aryl methyl sites for hydroxylation is 2. The lowest BCUT2D eigenvalue weighted by atomic mass is 9.94. The average molecular weight is 489 g/mol. The third kappa shape index (κ3) is 4.23. The van der Waals surface area contributed by atoms with Crippen molar-refractivity contribution in [3.63, 3.8) is 0 Å². The van der Waals surface area contributed by atoms with Crippen molar-refractivity contribution in [1.82, 2.24) is 15.7 Å². The molecule has 6 bridgehead atoms. The van der Waals surface area contributed by atoms with Gasteiger partial charge in [0.05, 0.1) is 31.8 Å². The van der Waals surface area contributed by atoms with Crippen molar-refractivity contribution < 1.29 is 19.2 Å². The number of hydrogen-bond acceptors (Lipinski definition) is 6. The molecule has 8 heteroatoms. The highest BCUT2D eigenvalue weighted by atomic mass is 16.6. The maximum atomic E-state index is 13.5. The zero-order valence-corrected chi connectivity index (χ0v) is 20.6. The number of hydrogen-bond donors (Lipinski definition) is 2. The summed E-state index contributed by atoms with van der Waals surface area (Å²) in [6.07, 6.45) is 6.70. The number of guanidine groups is 1. The van der Waals surface area contributed by atoms with E-state index in [2.05, 4.69) is 29.0 Å². The van der Waals surface area contributed by atoms with Crippen molar-refractivity contribution in [3.8, 4) is 5.75 Å². The van der Waals surface area contributed by atoms with Gasteiger partial charge < -0.3 is 10.1 Å². The summed E-state index contributed by atoms with van der Waals surface area (Å²) in [6, 6.07) is 11.9. The van der Waals surface area contributed by atoms with E-state index in [9.17, 15) is 9.59 Å². The van der Waals surface area contributed by atoms with Crippen molar-refractivity contribution in [3.05, 3.63) is 64.2 Å². The fraction of sp³-hybridized carbons (Fsp3) is 0.464. The molecule has 2 amide bonds. The van der Waals surface area contributed by atoms with Crippen LogP contribution in [0.2, 0.25) is 0 Å². The van der Waals surface area contributed by atoms with Gasteiger partial charge in [0.1, 0.15) is 5.75 Å². The molecule has 188 valence electrons. The van der Waals surface area contributed by atoms with Gasteiger partial charge in [-0.15, -0.1) is 0 Å². The molecule has 8 nitrogen and oxygen atoms in total. The van der Waals surface area contributed by atoms with Gasteiger partial charge in [-0.25, -0.2) is 10.5 Å². The molecule has 36 heavy (non-hydrogen) atoms. The second-order valence-corrected chi connectivity index (χ2v) is 10.1. The van der Waals surface area contributed by atoms with Crippen LogP contribution in [0.1, 0.15) is 83.2 Å². The third-order valence-electron chi connectivity index (χ3n) is 7.84. The summed E-state index contributed by atoms with van der Waals surface area (Å²) < 4.78 is 5.91. The molecule has 2 aromatic rings. The van der Waals surface area contributed by atoms with Crippen molar-refractivity contribution in [2.75, 3.05) is 13.7 Å². The van der Waals surface area contributed by atoms with Crippen molar-refractivity contribution in [2.45, 2.75) is 69.5 Å². The second kappa shape index (κ2) is 9.58. The third-order valence-corrected chi connectivity index (χ3v) is 7.84. The van der Waals surface area contributed by atoms with Gasteiger partial charge in [0.25, 0.3) is 5.91 Å². The Labute approximate surface area is 211 Å². The average Bonchev–Trinajstić information content (AvgIpc) is 3.27. The summed E-state index contributed by atoms with van der Waals surface area (Å²) in [4.78, 5) is 38.6. The Morgan fingerprint density at radius 3 is 2.86 bits per heavy atom. The van der Waals surface area contributed by atoms with E-state index in [-0.39, 0.29) is 29.9 Å². The van der Waals surface area contributed by atoms with E-state index < -0.39 is 0 Å². The molecule has 2 unspecified atom stereocenters. The van der Waals surface area contributed by atoms with E-state index in [1.165, 1.54) is 23.8 Å². The fourth-order valence-electron chi connectivity index (χ4n) is 6.05. The minimum atomic E-state index is -0.287. The topological polar surface area (TPSA) is 92.3 Å². The molecule has 0 saturated heterocycles. The Kier molecular flexibility index (Phi) is 6.13. The minimum absolute atomic E-state index is 0.00885. The molecule has 2 aromatic carbocycles. The van der Waals surface area contributed by atoms with E-state index in [4.69, 9.17) is 14.6 Å². The number of rotatable bonds is 1. The number of carbonyl (C=O) groups excluding carboxylic acids is 2. The SMILES string of the molecule is CONC1=NC2CCCCc3ccc4c(c3)C(CC4)NC(=O)c3ccc4c(c3)[C@@H](CCO4)N1C(=O)C2. The summed E-state index contributed by atoms with van der Waals surface area (Å²) in [5, 5.41) is 3.27. The standard InChI is InChI=1S/C28H32N4O4/c1-35-31-28-29-20-5-3-2-4-17-6-7-18-8-10-23(21(18)14-17)30-27(34)19-9-11-25-22(15-19)24(12-13-36-25)32(28)26(33)16-20/h6-7,9,11,14-15,20,23-24H,2-5,8,10,12-13,16H2,1H3,(H,29,31)(H,30,34)/t20?,23?,24-/m1/s1. The summed E-state index contributed by atoms with van der Waals surface area (Å²) in [5.41, 5.74) is 8.10. The lowest BCUT2D eigenvalue weighted by Gasteiger charge is -2.39. The molecule has 2 N–H and O–H groups in total. The first-order valence-corrected chi connectivity index (χ1v) is 13.0. The lowest BCUT2D eigenvalue weighted by Crippen LogP contribution is -2.51. The zero-order valence-electron chi connectivity index (χ0n) is 20.6. The van der Waals surface area contributed by atoms with Crippen molar-refractivity contribution >= 4 is 17.8 Å². The van der Waals surface area contributed by atoms with Crippen LogP contribution in [0.5, 0.6) is 5.75 Å². The Bertz CT molecular complexity index is 1230. The van der Waals surface area contributed by atoms with Gasteiger partial charge in [0, 0.05) is 24.0 Å². The van der Waals surface area contributed by atoms with Crippen LogP contribution in [0.15, 0.2) is 41.4 Å². The van der Waals surface area contributed by atoms with Crippen LogP contribution in [0.25, 0.3) is 0 Å². The van der Waals surface area contributed by atoms with Gasteiger partial charge in [0.2, 0.25) is 11.9 Å². The van der Waals surface area contributed by atoms with Crippen LogP contribution in [0.4, 0.5) is 0 Å². The highest BCUT2D eigenvalue weighted by Crippen LogP contribution is 2.39. The Morgan fingerprint density at radius 1 is 1.06 bits per heavy atom. The van der Waals surface area contributed by atoms with E-state index in [1.807, 2.05) is 12.1 Å². The number of nitrogens with one attached hydrogen (secondary N) is 2. The van der Waals surface area contributed by atoms with Crippen LogP contribution >= 0.6 is 0 Å². The number of ether oxygens (including phenoxy) is 1. The highest BCUT2D eigenvalue weighted by Gasteiger charge is 2.38. The molecule has 0 spiro atoms. The van der Waals surface area contributed by atoms with Crippen molar-refractivity contribution in [2.24, 2.45) is 4.99 Å². The quantitative estimate of drug-likeness (QED) is 0.597. The molecule has 1 aliphatic carbocycles. The predicted octanol–water partition coefficient (Wildman–Crippen LogP) is 3.76. The monoisotopic (exact) mass is 488 g/mol. The van der Waals surface area contributed by atoms with E-state index in [1.54, 1.807) is 11.0 Å². The first-order chi connectivity index (χ1) is 17.6. The van der Waals surface area contributed by atoms with Gasteiger partial charge in [-0.1, -0.05) is 24.6 Å². The molecule has 5 aliphatic rings. The van der Waals surface area contributed by atoms with Gasteiger partial charge in [-0.2, -0.15) is 0 Å². The Hall–Kier alpha value is -3.39. The molecule has 3 atom stereocenters. The molecule has 7 rings (SSSR count). The van der Waals surface area contributed by atoms with E-state index in [0.29, 0.717) is 36.7 Å². The van der Waals surface area contributed by atoms with Gasteiger partial charge in [-0.3, -0.25) is 19.3 Å². The van der Waals surface area contributed by atoms with Gasteiger partial charge in [0.15, 0.2) is 0 Å². The fourth-order valence-corrected chi connectivity index (χ4v) is 6.05. The largest absolute Gasteiger partial charge is 0.493 e. The van der Waals surface area contributed by atoms with Gasteiger partial charge in [-0.05, 0) is 67.0 Å². The van der Waals surface area contributed by atoms with Crippen LogP contribution in [0.3, 0.4) is 0 Å². The van der Waals surface area contributed by atoms with Crippen LogP contribution in [-0.4, -0.2) is 42.4 Å². The van der Waals surface area contributed by atoms with E-state index in [0.717, 1.165) is 44.1 Å². The number of carbonyl (C=O) groups is 2. The first-order valence-electron chi connectivity index (χ1n) is 13.0. The molecule has 0 fully saturated rings. The Balaban J connectivity index is 1.41. The summed E-state index contributed by atoms with van der Waals surface area (Å²) in [5.74, 6) is 1.02. The number of aliphatic imine (C=N–C) groups is 1. The van der Waals surface area contributed by atoms with Crippen LogP contribution < -0.4 is 15.5 Å². The van der Waals surface area contributed by atoms with Crippen molar-refractivity contribution in [1.29, 1.82) is 0 Å². The van der Waals surface area contributed by atoms with Gasteiger partial charge >= 0.3 is 0 Å². The zero-order chi connectivity index (χ0) is 24.6.